The molecule has 3 heterocycles. The van der Waals surface area contributed by atoms with Gasteiger partial charge in [-0.3, -0.25) is 0 Å². The molecule has 0 saturated carbocycles. The number of hydrogen-bond acceptors (Lipinski definition) is 5. The summed E-state index contributed by atoms with van der Waals surface area (Å²) < 4.78 is 33.5. The lowest BCUT2D eigenvalue weighted by molar-refractivity contribution is 0.430. The molecule has 7 nitrogen and oxygen atoms in total. The Morgan fingerprint density at radius 1 is 1.21 bits per heavy atom. The molecule has 0 radical (unpaired) electrons. The van der Waals surface area contributed by atoms with Gasteiger partial charge >= 0.3 is 0 Å². The van der Waals surface area contributed by atoms with Gasteiger partial charge in [0, 0.05) is 24.2 Å². The molecule has 0 fully saturated rings. The maximum atomic E-state index is 13.8. The first kappa shape index (κ1) is 14.2. The number of aromatic nitrogens is 6. The zero-order valence-corrected chi connectivity index (χ0v) is 12.4. The Balaban J connectivity index is 1.68. The smallest absolute Gasteiger partial charge is 0.278 e. The molecule has 0 atom stereocenters. The van der Waals surface area contributed by atoms with Crippen LogP contribution in [-0.4, -0.2) is 29.9 Å². The number of nitrogens with zero attached hydrogens (tertiary/aromatic N) is 5. The molecule has 0 aliphatic rings. The first-order chi connectivity index (χ1) is 11.6. The van der Waals surface area contributed by atoms with Crippen LogP contribution in [0, 0.1) is 18.6 Å². The maximum Gasteiger partial charge on any atom is 0.278 e. The number of halogens is 2. The van der Waals surface area contributed by atoms with Gasteiger partial charge in [-0.1, -0.05) is 5.16 Å². The van der Waals surface area contributed by atoms with Gasteiger partial charge in [0.25, 0.3) is 5.89 Å². The maximum absolute atomic E-state index is 13.8. The van der Waals surface area contributed by atoms with Crippen LogP contribution in [-0.2, 0) is 0 Å². The molecular formula is C15H10F2N6O. The molecule has 1 aromatic carbocycles. The van der Waals surface area contributed by atoms with Crippen molar-refractivity contribution < 1.29 is 13.3 Å². The lowest BCUT2D eigenvalue weighted by Gasteiger charge is -2.02. The third-order valence-electron chi connectivity index (χ3n) is 3.30. The molecule has 4 aromatic rings. The summed E-state index contributed by atoms with van der Waals surface area (Å²) in [7, 11) is 0. The fraction of sp³-hybridized carbons (Fsp3) is 0.0667. The van der Waals surface area contributed by atoms with E-state index in [1.807, 2.05) is 6.92 Å². The average molecular weight is 328 g/mol. The zero-order chi connectivity index (χ0) is 16.7. The minimum Gasteiger partial charge on any atom is -0.339 e. The number of imidazole rings is 1. The van der Waals surface area contributed by atoms with Crippen molar-refractivity contribution in [3.05, 3.63) is 54.0 Å². The summed E-state index contributed by atoms with van der Waals surface area (Å²) in [5.41, 5.74) is 1.19. The van der Waals surface area contributed by atoms with Crippen molar-refractivity contribution in [1.82, 2.24) is 29.9 Å². The molecular weight excluding hydrogens is 318 g/mol. The second kappa shape index (κ2) is 5.37. The van der Waals surface area contributed by atoms with E-state index in [1.165, 1.54) is 10.9 Å². The summed E-state index contributed by atoms with van der Waals surface area (Å²) in [5.74, 6) is -0.252. The normalized spacial score (nSPS) is 11.1. The van der Waals surface area contributed by atoms with E-state index in [4.69, 9.17) is 4.52 Å². The fourth-order valence-electron chi connectivity index (χ4n) is 2.18. The molecule has 1 N–H and O–H groups in total. The number of aromatic amines is 1. The first-order valence-corrected chi connectivity index (χ1v) is 6.97. The highest BCUT2D eigenvalue weighted by molar-refractivity contribution is 5.52. The van der Waals surface area contributed by atoms with E-state index in [-0.39, 0.29) is 17.4 Å². The SMILES string of the molecule is Cc1cnc(-c2noc(-c3ccn(-c4cc(F)ccc4F)n3)n2)[nH]1. The minimum atomic E-state index is -0.594. The highest BCUT2D eigenvalue weighted by Crippen LogP contribution is 2.21. The Hall–Kier alpha value is -3.36. The number of aryl methyl sites for hydroxylation is 1. The quantitative estimate of drug-likeness (QED) is 0.625. The highest BCUT2D eigenvalue weighted by atomic mass is 19.1. The lowest BCUT2D eigenvalue weighted by atomic mass is 10.3. The van der Waals surface area contributed by atoms with Crippen LogP contribution in [0.5, 0.6) is 0 Å². The summed E-state index contributed by atoms with van der Waals surface area (Å²) in [6.07, 6.45) is 3.13. The standard InChI is InChI=1S/C15H10F2N6O/c1-8-7-18-13(19-8)14-20-15(24-22-14)11-4-5-23(21-11)12-6-9(16)2-3-10(12)17/h2-7H,1H3,(H,18,19). The van der Waals surface area contributed by atoms with Crippen LogP contribution < -0.4 is 0 Å². The van der Waals surface area contributed by atoms with Crippen LogP contribution in [0.3, 0.4) is 0 Å². The molecule has 0 saturated heterocycles. The lowest BCUT2D eigenvalue weighted by Crippen LogP contribution is -1.99. The largest absolute Gasteiger partial charge is 0.339 e. The zero-order valence-electron chi connectivity index (χ0n) is 12.4. The second-order valence-corrected chi connectivity index (χ2v) is 5.08. The van der Waals surface area contributed by atoms with Gasteiger partial charge in [0.2, 0.25) is 5.82 Å². The molecule has 0 bridgehead atoms. The van der Waals surface area contributed by atoms with E-state index in [9.17, 15) is 8.78 Å². The number of nitrogens with one attached hydrogen (secondary N) is 1. The van der Waals surface area contributed by atoms with Crippen LogP contribution in [0.1, 0.15) is 5.69 Å². The van der Waals surface area contributed by atoms with Crippen LogP contribution in [0.25, 0.3) is 28.9 Å². The molecule has 0 aliphatic heterocycles. The summed E-state index contributed by atoms with van der Waals surface area (Å²) in [4.78, 5) is 11.3. The van der Waals surface area contributed by atoms with Crippen molar-refractivity contribution in [3.63, 3.8) is 0 Å². The third-order valence-corrected chi connectivity index (χ3v) is 3.30. The first-order valence-electron chi connectivity index (χ1n) is 6.97. The number of H-pyrrole nitrogens is 1. The van der Waals surface area contributed by atoms with Crippen LogP contribution in [0.15, 0.2) is 41.2 Å². The van der Waals surface area contributed by atoms with Crippen molar-refractivity contribution in [3.8, 4) is 28.9 Å². The summed E-state index contributed by atoms with van der Waals surface area (Å²) in [6.45, 7) is 1.85. The Kier molecular flexibility index (Phi) is 3.19. The van der Waals surface area contributed by atoms with E-state index in [0.717, 1.165) is 23.9 Å². The fourth-order valence-corrected chi connectivity index (χ4v) is 2.18. The van der Waals surface area contributed by atoms with E-state index < -0.39 is 11.6 Å². The topological polar surface area (TPSA) is 85.4 Å². The van der Waals surface area contributed by atoms with E-state index in [1.54, 1.807) is 12.3 Å². The van der Waals surface area contributed by atoms with Crippen molar-refractivity contribution in [2.24, 2.45) is 0 Å². The highest BCUT2D eigenvalue weighted by Gasteiger charge is 2.16. The van der Waals surface area contributed by atoms with Crippen LogP contribution >= 0.6 is 0 Å². The van der Waals surface area contributed by atoms with Gasteiger partial charge in [0.1, 0.15) is 17.3 Å². The molecule has 24 heavy (non-hydrogen) atoms. The van der Waals surface area contributed by atoms with Gasteiger partial charge in [-0.25, -0.2) is 18.4 Å². The predicted molar refractivity (Wildman–Crippen MR) is 79.1 cm³/mol. The molecule has 0 unspecified atom stereocenters. The van der Waals surface area contributed by atoms with Crippen molar-refractivity contribution >= 4 is 0 Å². The van der Waals surface area contributed by atoms with Gasteiger partial charge in [0.15, 0.2) is 11.5 Å². The molecule has 0 amide bonds. The minimum absolute atomic E-state index is 0.0114. The van der Waals surface area contributed by atoms with E-state index in [2.05, 4.69) is 25.2 Å². The third kappa shape index (κ3) is 2.45. The van der Waals surface area contributed by atoms with E-state index in [0.29, 0.717) is 11.5 Å². The van der Waals surface area contributed by atoms with E-state index >= 15 is 0 Å². The molecule has 0 spiro atoms. The van der Waals surface area contributed by atoms with Gasteiger partial charge in [-0.15, -0.1) is 0 Å². The molecule has 0 aliphatic carbocycles. The molecule has 120 valence electrons. The van der Waals surface area contributed by atoms with Crippen LogP contribution in [0.4, 0.5) is 8.78 Å². The van der Waals surface area contributed by atoms with Gasteiger partial charge in [-0.2, -0.15) is 10.1 Å². The number of benzene rings is 1. The predicted octanol–water partition coefficient (Wildman–Crippen LogP) is 2.90. The molecule has 4 rings (SSSR count). The van der Waals surface area contributed by atoms with Gasteiger partial charge < -0.3 is 9.51 Å². The number of rotatable bonds is 3. The van der Waals surface area contributed by atoms with Crippen LogP contribution in [0.2, 0.25) is 0 Å². The number of hydrogen-bond donors (Lipinski definition) is 1. The van der Waals surface area contributed by atoms with Gasteiger partial charge in [0.05, 0.1) is 0 Å². The Labute approximate surface area is 134 Å². The summed E-state index contributed by atoms with van der Waals surface area (Å²) >= 11 is 0. The summed E-state index contributed by atoms with van der Waals surface area (Å²) in [5, 5.41) is 7.97. The molecule has 9 heteroatoms. The second-order valence-electron chi connectivity index (χ2n) is 5.08. The Bertz CT molecular complexity index is 1020. The van der Waals surface area contributed by atoms with Crippen molar-refractivity contribution in [2.75, 3.05) is 0 Å². The summed E-state index contributed by atoms with van der Waals surface area (Å²) in [6, 6.07) is 4.70. The van der Waals surface area contributed by atoms with Crippen molar-refractivity contribution in [1.29, 1.82) is 0 Å². The monoisotopic (exact) mass is 328 g/mol. The Morgan fingerprint density at radius 3 is 2.88 bits per heavy atom. The van der Waals surface area contributed by atoms with Crippen molar-refractivity contribution in [2.45, 2.75) is 6.92 Å². The van der Waals surface area contributed by atoms with Gasteiger partial charge in [-0.05, 0) is 25.1 Å². The average Bonchev–Trinajstić information content (AvgIpc) is 3.28. The Morgan fingerprint density at radius 2 is 2.08 bits per heavy atom. The molecule has 3 aromatic heterocycles.